The van der Waals surface area contributed by atoms with Crippen molar-refractivity contribution in [1.29, 1.82) is 0 Å². The molecule has 3 rings (SSSR count). The fourth-order valence-electron chi connectivity index (χ4n) is 3.13. The van der Waals surface area contributed by atoms with E-state index in [2.05, 4.69) is 0 Å². The smallest absolute Gasteiger partial charge is 0.416 e. The lowest BCUT2D eigenvalue weighted by atomic mass is 10.1. The molecule has 1 atom stereocenters. The molecular formula is C20H21F3N2O2. The summed E-state index contributed by atoms with van der Waals surface area (Å²) in [4.78, 5) is 15.8. The van der Waals surface area contributed by atoms with Gasteiger partial charge >= 0.3 is 12.3 Å². The highest BCUT2D eigenvalue weighted by Crippen LogP contribution is 2.31. The lowest BCUT2D eigenvalue weighted by Gasteiger charge is -2.27. The van der Waals surface area contributed by atoms with E-state index in [1.165, 1.54) is 12.1 Å². The van der Waals surface area contributed by atoms with Gasteiger partial charge in [-0.05, 0) is 36.2 Å². The fraction of sp³-hybridized carbons (Fsp3) is 0.350. The molecule has 1 unspecified atom stereocenters. The van der Waals surface area contributed by atoms with E-state index < -0.39 is 11.7 Å². The SMILES string of the molecule is CN(c1ccc(C(F)(F)F)cc1)C1CCN(C(=O)OCc2ccccc2)C1. The number of likely N-dealkylation sites (N-methyl/N-ethyl adjacent to an activating group) is 1. The van der Waals surface area contributed by atoms with Crippen molar-refractivity contribution in [1.82, 2.24) is 4.90 Å². The van der Waals surface area contributed by atoms with Crippen molar-refractivity contribution in [2.24, 2.45) is 0 Å². The van der Waals surface area contributed by atoms with E-state index in [-0.39, 0.29) is 18.7 Å². The van der Waals surface area contributed by atoms with Crippen LogP contribution in [0.15, 0.2) is 54.6 Å². The lowest BCUT2D eigenvalue weighted by Crippen LogP contribution is -2.36. The van der Waals surface area contributed by atoms with Crippen molar-refractivity contribution in [2.75, 3.05) is 25.0 Å². The second kappa shape index (κ2) is 7.90. The van der Waals surface area contributed by atoms with Crippen LogP contribution in [0.3, 0.4) is 0 Å². The highest BCUT2D eigenvalue weighted by atomic mass is 19.4. The van der Waals surface area contributed by atoms with E-state index in [1.54, 1.807) is 4.90 Å². The number of carbonyl (C=O) groups is 1. The highest BCUT2D eigenvalue weighted by Gasteiger charge is 2.32. The van der Waals surface area contributed by atoms with Gasteiger partial charge in [-0.15, -0.1) is 0 Å². The Labute approximate surface area is 156 Å². The van der Waals surface area contributed by atoms with Gasteiger partial charge in [-0.3, -0.25) is 0 Å². The van der Waals surface area contributed by atoms with Crippen LogP contribution in [0.25, 0.3) is 0 Å². The third-order valence-corrected chi connectivity index (χ3v) is 4.78. The van der Waals surface area contributed by atoms with E-state index in [1.807, 2.05) is 42.3 Å². The number of carbonyl (C=O) groups excluding carboxylic acids is 1. The molecule has 0 spiro atoms. The Bertz CT molecular complexity index is 763. The normalized spacial score (nSPS) is 17.0. The molecule has 0 saturated carbocycles. The van der Waals surface area contributed by atoms with E-state index in [0.717, 1.165) is 24.1 Å². The molecule has 7 heteroatoms. The van der Waals surface area contributed by atoms with Crippen molar-refractivity contribution >= 4 is 11.8 Å². The molecule has 2 aromatic rings. The number of benzene rings is 2. The fourth-order valence-corrected chi connectivity index (χ4v) is 3.13. The van der Waals surface area contributed by atoms with E-state index >= 15 is 0 Å². The van der Waals surface area contributed by atoms with Gasteiger partial charge in [-0.2, -0.15) is 13.2 Å². The van der Waals surface area contributed by atoms with Gasteiger partial charge in [0.15, 0.2) is 0 Å². The zero-order valence-electron chi connectivity index (χ0n) is 14.9. The number of alkyl halides is 3. The van der Waals surface area contributed by atoms with Crippen LogP contribution >= 0.6 is 0 Å². The number of hydrogen-bond donors (Lipinski definition) is 0. The van der Waals surface area contributed by atoms with Crippen LogP contribution in [0.1, 0.15) is 17.5 Å². The molecule has 1 aliphatic heterocycles. The van der Waals surface area contributed by atoms with Crippen LogP contribution in [0, 0.1) is 0 Å². The Hall–Kier alpha value is -2.70. The number of ether oxygens (including phenoxy) is 1. The summed E-state index contributed by atoms with van der Waals surface area (Å²) in [6.07, 6.45) is -3.98. The molecular weight excluding hydrogens is 357 g/mol. The molecule has 144 valence electrons. The lowest BCUT2D eigenvalue weighted by molar-refractivity contribution is -0.137. The van der Waals surface area contributed by atoms with E-state index in [9.17, 15) is 18.0 Å². The van der Waals surface area contributed by atoms with Crippen molar-refractivity contribution in [3.05, 3.63) is 65.7 Å². The van der Waals surface area contributed by atoms with Gasteiger partial charge in [-0.25, -0.2) is 4.79 Å². The molecule has 27 heavy (non-hydrogen) atoms. The van der Waals surface area contributed by atoms with Gasteiger partial charge < -0.3 is 14.5 Å². The second-order valence-electron chi connectivity index (χ2n) is 6.58. The summed E-state index contributed by atoms with van der Waals surface area (Å²) >= 11 is 0. The van der Waals surface area contributed by atoms with Crippen molar-refractivity contribution in [3.8, 4) is 0 Å². The minimum atomic E-state index is -4.34. The molecule has 0 aromatic heterocycles. The molecule has 4 nitrogen and oxygen atoms in total. The minimum Gasteiger partial charge on any atom is -0.445 e. The van der Waals surface area contributed by atoms with Crippen LogP contribution < -0.4 is 4.90 Å². The average Bonchev–Trinajstić information content (AvgIpc) is 3.16. The van der Waals surface area contributed by atoms with Crippen LogP contribution in [0.5, 0.6) is 0 Å². The number of rotatable bonds is 4. The van der Waals surface area contributed by atoms with Gasteiger partial charge in [0.05, 0.1) is 5.56 Å². The maximum atomic E-state index is 12.7. The first-order valence-corrected chi connectivity index (χ1v) is 8.70. The third-order valence-electron chi connectivity index (χ3n) is 4.78. The molecule has 2 aromatic carbocycles. The van der Waals surface area contributed by atoms with Crippen molar-refractivity contribution < 1.29 is 22.7 Å². The van der Waals surface area contributed by atoms with Gasteiger partial charge in [0.2, 0.25) is 0 Å². The maximum Gasteiger partial charge on any atom is 0.416 e. The zero-order chi connectivity index (χ0) is 19.4. The first kappa shape index (κ1) is 19.1. The molecule has 0 radical (unpaired) electrons. The number of amides is 1. The van der Waals surface area contributed by atoms with Crippen molar-refractivity contribution in [3.63, 3.8) is 0 Å². The Morgan fingerprint density at radius 3 is 2.44 bits per heavy atom. The summed E-state index contributed by atoms with van der Waals surface area (Å²) in [5, 5.41) is 0. The van der Waals surface area contributed by atoms with E-state index in [4.69, 9.17) is 4.74 Å². The number of likely N-dealkylation sites (tertiary alicyclic amines) is 1. The van der Waals surface area contributed by atoms with Crippen LogP contribution in [-0.4, -0.2) is 37.2 Å². The molecule has 1 fully saturated rings. The van der Waals surface area contributed by atoms with E-state index in [0.29, 0.717) is 18.8 Å². The van der Waals surface area contributed by atoms with Gasteiger partial charge in [-0.1, -0.05) is 30.3 Å². The summed E-state index contributed by atoms with van der Waals surface area (Å²) in [5.74, 6) is 0. The molecule has 0 aliphatic carbocycles. The Kier molecular flexibility index (Phi) is 5.58. The molecule has 1 aliphatic rings. The van der Waals surface area contributed by atoms with Crippen molar-refractivity contribution in [2.45, 2.75) is 25.2 Å². The molecule has 1 heterocycles. The summed E-state index contributed by atoms with van der Waals surface area (Å²) < 4.78 is 43.4. The summed E-state index contributed by atoms with van der Waals surface area (Å²) in [5.41, 5.74) is 0.938. The molecule has 1 saturated heterocycles. The second-order valence-corrected chi connectivity index (χ2v) is 6.58. The number of halogens is 3. The first-order valence-electron chi connectivity index (χ1n) is 8.70. The quantitative estimate of drug-likeness (QED) is 0.782. The zero-order valence-corrected chi connectivity index (χ0v) is 14.9. The molecule has 0 N–H and O–H groups in total. The summed E-state index contributed by atoms with van der Waals surface area (Å²) in [6.45, 7) is 1.25. The molecule has 1 amide bonds. The van der Waals surface area contributed by atoms with Gasteiger partial charge in [0.1, 0.15) is 6.61 Å². The summed E-state index contributed by atoms with van der Waals surface area (Å²) in [7, 11) is 1.83. The largest absolute Gasteiger partial charge is 0.445 e. The number of nitrogens with zero attached hydrogens (tertiary/aromatic N) is 2. The minimum absolute atomic E-state index is 0.0333. The average molecular weight is 378 g/mol. The van der Waals surface area contributed by atoms with Crippen LogP contribution in [0.2, 0.25) is 0 Å². The Morgan fingerprint density at radius 1 is 1.15 bits per heavy atom. The van der Waals surface area contributed by atoms with Crippen LogP contribution in [-0.2, 0) is 17.5 Å². The molecule has 0 bridgehead atoms. The summed E-state index contributed by atoms with van der Waals surface area (Å²) in [6, 6.07) is 14.5. The Balaban J connectivity index is 1.54. The number of hydrogen-bond acceptors (Lipinski definition) is 3. The van der Waals surface area contributed by atoms with Crippen LogP contribution in [0.4, 0.5) is 23.7 Å². The van der Waals surface area contributed by atoms with Gasteiger partial charge in [0.25, 0.3) is 0 Å². The standard InChI is InChI=1S/C20H21F3N2O2/c1-24(17-9-7-16(8-10-17)20(21,22)23)18-11-12-25(13-18)19(26)27-14-15-5-3-2-4-6-15/h2-10,18H,11-14H2,1H3. The topological polar surface area (TPSA) is 32.8 Å². The predicted molar refractivity (Wildman–Crippen MR) is 96.5 cm³/mol. The van der Waals surface area contributed by atoms with Gasteiger partial charge in [0, 0.05) is 31.9 Å². The monoisotopic (exact) mass is 378 g/mol. The predicted octanol–water partition coefficient (Wildman–Crippen LogP) is 4.55. The number of anilines is 1. The first-order chi connectivity index (χ1) is 12.8. The highest BCUT2D eigenvalue weighted by molar-refractivity contribution is 5.68. The third kappa shape index (κ3) is 4.72. The Morgan fingerprint density at radius 2 is 1.81 bits per heavy atom. The maximum absolute atomic E-state index is 12.7.